The third kappa shape index (κ3) is 1.62. The van der Waals surface area contributed by atoms with Crippen LogP contribution in [0.3, 0.4) is 0 Å². The molecule has 0 amide bonds. The van der Waals surface area contributed by atoms with Crippen LogP contribution in [0.1, 0.15) is 0 Å². The van der Waals surface area contributed by atoms with Crippen molar-refractivity contribution in [1.82, 2.24) is 0 Å². The predicted molar refractivity (Wildman–Crippen MR) is 68.2 cm³/mol. The molecule has 2 unspecified atom stereocenters. The molecule has 3 nitrogen and oxygen atoms in total. The summed E-state index contributed by atoms with van der Waals surface area (Å²) < 4.78 is 25.9. The minimum absolute atomic E-state index is 0.634. The zero-order valence-corrected chi connectivity index (χ0v) is 10.4. The molecule has 1 heterocycles. The highest BCUT2D eigenvalue weighted by Crippen LogP contribution is 2.34. The molecule has 0 spiro atoms. The number of benzene rings is 2. The molecule has 5 heteroatoms. The molecule has 0 N–H and O–H groups in total. The van der Waals surface area contributed by atoms with Gasteiger partial charge in [-0.3, -0.25) is 0 Å². The van der Waals surface area contributed by atoms with Gasteiger partial charge in [-0.05, 0) is 24.3 Å². The fraction of sp³-hybridized carbons (Fsp3) is 0. The van der Waals surface area contributed by atoms with Gasteiger partial charge in [0, 0.05) is 0 Å². The fourth-order valence-electron chi connectivity index (χ4n) is 1.72. The lowest BCUT2D eigenvalue weighted by Crippen LogP contribution is -2.20. The smallest absolute Gasteiger partial charge is 0.166 e. The van der Waals surface area contributed by atoms with Crippen LogP contribution in [0.2, 0.25) is 0 Å². The van der Waals surface area contributed by atoms with Crippen LogP contribution in [-0.2, 0) is 22.0 Å². The van der Waals surface area contributed by atoms with Gasteiger partial charge in [0.2, 0.25) is 0 Å². The summed E-state index contributed by atoms with van der Waals surface area (Å²) in [6.07, 6.45) is 0. The molecule has 3 rings (SSSR count). The Hall–Kier alpha value is -1.46. The number of hydrogen-bond donors (Lipinski definition) is 0. The van der Waals surface area contributed by atoms with Crippen molar-refractivity contribution in [3.8, 4) is 0 Å². The Labute approximate surface area is 104 Å². The highest BCUT2D eigenvalue weighted by molar-refractivity contribution is 8.06. The molecule has 86 valence electrons. The Bertz CT molecular complexity index is 578. The molecule has 1 aliphatic heterocycles. The summed E-state index contributed by atoms with van der Waals surface area (Å²) in [6, 6.07) is 16.3. The third-order valence-electron chi connectivity index (χ3n) is 2.49. The van der Waals surface area contributed by atoms with Gasteiger partial charge in [0.05, 0.1) is 15.5 Å². The third-order valence-corrected chi connectivity index (χ3v) is 5.92. The highest BCUT2D eigenvalue weighted by atomic mass is 32.3. The zero-order chi connectivity index (χ0) is 11.8. The first-order valence-corrected chi connectivity index (χ1v) is 7.28. The maximum Gasteiger partial charge on any atom is 0.166 e. The van der Waals surface area contributed by atoms with Crippen molar-refractivity contribution < 1.29 is 8.42 Å². The second kappa shape index (κ2) is 4.09. The van der Waals surface area contributed by atoms with Crippen LogP contribution in [0, 0.1) is 0 Å². The lowest BCUT2D eigenvalue weighted by atomic mass is 10.3. The topological polar surface area (TPSA) is 37.4 Å². The van der Waals surface area contributed by atoms with Gasteiger partial charge in [0.1, 0.15) is 0 Å². The van der Waals surface area contributed by atoms with Crippen LogP contribution in [0.15, 0.2) is 64.4 Å². The SMILES string of the molecule is O=S1c2ccccc2S(=O)N1c1ccccc1. The molecule has 0 saturated heterocycles. The molecule has 0 saturated carbocycles. The van der Waals surface area contributed by atoms with Crippen molar-refractivity contribution in [3.63, 3.8) is 0 Å². The quantitative estimate of drug-likeness (QED) is 0.791. The van der Waals surface area contributed by atoms with Crippen LogP contribution in [0.25, 0.3) is 0 Å². The molecule has 2 atom stereocenters. The lowest BCUT2D eigenvalue weighted by Gasteiger charge is -2.13. The van der Waals surface area contributed by atoms with E-state index in [0.29, 0.717) is 15.5 Å². The highest BCUT2D eigenvalue weighted by Gasteiger charge is 2.34. The molecule has 0 radical (unpaired) electrons. The minimum Gasteiger partial charge on any atom is -0.230 e. The Balaban J connectivity index is 2.13. The number of rotatable bonds is 1. The number of fused-ring (bicyclic) bond motifs is 1. The molecule has 0 aromatic heterocycles. The van der Waals surface area contributed by atoms with Crippen molar-refractivity contribution in [2.24, 2.45) is 0 Å². The van der Waals surface area contributed by atoms with E-state index in [0.717, 1.165) is 0 Å². The first-order valence-electron chi connectivity index (χ1n) is 5.07. The Morgan fingerprint density at radius 3 is 1.71 bits per heavy atom. The molecule has 0 fully saturated rings. The molecule has 2 aromatic carbocycles. The number of para-hydroxylation sites is 1. The van der Waals surface area contributed by atoms with Crippen LogP contribution in [-0.4, -0.2) is 8.42 Å². The fourth-order valence-corrected chi connectivity index (χ4v) is 4.98. The number of nitrogens with zero attached hydrogens (tertiary/aromatic N) is 1. The van der Waals surface area contributed by atoms with Gasteiger partial charge in [0.25, 0.3) is 0 Å². The molecule has 0 bridgehead atoms. The average Bonchev–Trinajstić information content (AvgIpc) is 2.64. The minimum atomic E-state index is -1.38. The van der Waals surface area contributed by atoms with E-state index in [1.165, 1.54) is 3.71 Å². The van der Waals surface area contributed by atoms with Gasteiger partial charge in [-0.2, -0.15) is 3.71 Å². The summed E-state index contributed by atoms with van der Waals surface area (Å²) in [4.78, 5) is 1.27. The van der Waals surface area contributed by atoms with E-state index in [2.05, 4.69) is 0 Å². The molecular weight excluding hydrogens is 254 g/mol. The van der Waals surface area contributed by atoms with Crippen molar-refractivity contribution in [1.29, 1.82) is 0 Å². The summed E-state index contributed by atoms with van der Waals surface area (Å²) in [5.41, 5.74) is 0.709. The summed E-state index contributed by atoms with van der Waals surface area (Å²) >= 11 is 0. The second-order valence-electron chi connectivity index (χ2n) is 3.54. The monoisotopic (exact) mass is 263 g/mol. The number of hydrogen-bond acceptors (Lipinski definition) is 2. The van der Waals surface area contributed by atoms with E-state index in [-0.39, 0.29) is 0 Å². The molecule has 0 aliphatic carbocycles. The Morgan fingerprint density at radius 2 is 1.18 bits per heavy atom. The summed E-state index contributed by atoms with van der Waals surface area (Å²) in [7, 11) is -2.77. The number of anilines is 1. The second-order valence-corrected chi connectivity index (χ2v) is 6.38. The zero-order valence-electron chi connectivity index (χ0n) is 8.78. The van der Waals surface area contributed by atoms with E-state index in [1.54, 1.807) is 12.1 Å². The van der Waals surface area contributed by atoms with Crippen molar-refractivity contribution in [2.45, 2.75) is 9.79 Å². The van der Waals surface area contributed by atoms with E-state index >= 15 is 0 Å². The molecule has 2 aromatic rings. The van der Waals surface area contributed by atoms with E-state index in [1.807, 2.05) is 42.5 Å². The van der Waals surface area contributed by atoms with Crippen molar-refractivity contribution in [2.75, 3.05) is 3.71 Å². The van der Waals surface area contributed by atoms with Crippen molar-refractivity contribution >= 4 is 27.7 Å². The van der Waals surface area contributed by atoms with Crippen LogP contribution >= 0.6 is 0 Å². The van der Waals surface area contributed by atoms with Gasteiger partial charge < -0.3 is 0 Å². The van der Waals surface area contributed by atoms with E-state index in [4.69, 9.17) is 0 Å². The van der Waals surface area contributed by atoms with Gasteiger partial charge in [-0.25, -0.2) is 8.42 Å². The van der Waals surface area contributed by atoms with Crippen molar-refractivity contribution in [3.05, 3.63) is 54.6 Å². The maximum absolute atomic E-state index is 12.3. The maximum atomic E-state index is 12.3. The summed E-state index contributed by atoms with van der Waals surface area (Å²) in [5.74, 6) is 0. The lowest BCUT2D eigenvalue weighted by molar-refractivity contribution is 0.682. The summed E-state index contributed by atoms with van der Waals surface area (Å²) in [5, 5.41) is 0. The summed E-state index contributed by atoms with van der Waals surface area (Å²) in [6.45, 7) is 0. The van der Waals surface area contributed by atoms with E-state index in [9.17, 15) is 8.42 Å². The van der Waals surface area contributed by atoms with Crippen LogP contribution < -0.4 is 3.71 Å². The Kier molecular flexibility index (Phi) is 2.57. The first kappa shape index (κ1) is 10.7. The van der Waals surface area contributed by atoms with E-state index < -0.39 is 22.0 Å². The van der Waals surface area contributed by atoms with Gasteiger partial charge in [-0.1, -0.05) is 30.3 Å². The van der Waals surface area contributed by atoms with Crippen LogP contribution in [0.5, 0.6) is 0 Å². The van der Waals surface area contributed by atoms with Crippen LogP contribution in [0.4, 0.5) is 5.69 Å². The molecular formula is C12H9NO2S2. The molecule has 17 heavy (non-hydrogen) atoms. The normalized spacial score (nSPS) is 22.5. The first-order chi connectivity index (χ1) is 8.29. The van der Waals surface area contributed by atoms with Gasteiger partial charge in [-0.15, -0.1) is 0 Å². The Morgan fingerprint density at radius 1 is 0.706 bits per heavy atom. The molecule has 1 aliphatic rings. The largest absolute Gasteiger partial charge is 0.230 e. The standard InChI is InChI=1S/C12H9NO2S2/c14-16-11-8-4-5-9-12(11)17(15)13(16)10-6-2-1-3-7-10/h1-9H. The predicted octanol–water partition coefficient (Wildman–Crippen LogP) is 2.25. The van der Waals surface area contributed by atoms with Gasteiger partial charge >= 0.3 is 0 Å². The van der Waals surface area contributed by atoms with Gasteiger partial charge in [0.15, 0.2) is 22.0 Å². The average molecular weight is 263 g/mol.